The molecule has 0 radical (unpaired) electrons. The highest BCUT2D eigenvalue weighted by Crippen LogP contribution is 2.45. The van der Waals surface area contributed by atoms with E-state index in [1.165, 1.54) is 6.26 Å². The number of nitrogens with zero attached hydrogens (tertiary/aromatic N) is 6. The average Bonchev–Trinajstić information content (AvgIpc) is 3.41. The molecule has 3 aromatic rings. The number of sulfone groups is 1. The van der Waals surface area contributed by atoms with Gasteiger partial charge in [-0.05, 0) is 55.3 Å². The van der Waals surface area contributed by atoms with E-state index in [1.54, 1.807) is 11.1 Å². The zero-order chi connectivity index (χ0) is 33.9. The number of piperazine rings is 1. The number of aliphatic imine (C=N–C) groups is 1. The van der Waals surface area contributed by atoms with Crippen LogP contribution in [0.4, 0.5) is 4.79 Å². The molecular weight excluding hydrogens is 659 g/mol. The molecule has 2 unspecified atom stereocenters. The van der Waals surface area contributed by atoms with E-state index in [-0.39, 0.29) is 17.2 Å². The van der Waals surface area contributed by atoms with Gasteiger partial charge >= 0.3 is 6.03 Å². The summed E-state index contributed by atoms with van der Waals surface area (Å²) in [6, 6.07) is 13.8. The SMILES string of the molecule is CCOc1nc(C(C)(C)C)ncc1C1=NC(c2ccc(Cl)cc2)C(c2ccc(Cl)cc2)N1C(=O)N1CCN(CCCS(C)(=O)=O)CC1. The lowest BCUT2D eigenvalue weighted by Gasteiger charge is -2.39. The number of aromatic nitrogens is 2. The predicted molar refractivity (Wildman–Crippen MR) is 186 cm³/mol. The van der Waals surface area contributed by atoms with Crippen LogP contribution in [0.1, 0.15) is 68.7 Å². The maximum Gasteiger partial charge on any atom is 0.326 e. The van der Waals surface area contributed by atoms with E-state index in [1.807, 2.05) is 81.1 Å². The van der Waals surface area contributed by atoms with E-state index in [2.05, 4.69) is 4.90 Å². The van der Waals surface area contributed by atoms with Crippen molar-refractivity contribution in [2.45, 2.75) is 51.6 Å². The van der Waals surface area contributed by atoms with Crippen LogP contribution in [0.25, 0.3) is 0 Å². The first-order chi connectivity index (χ1) is 22.2. The Morgan fingerprint density at radius 3 is 2.11 bits per heavy atom. The van der Waals surface area contributed by atoms with Crippen LogP contribution in [0.3, 0.4) is 0 Å². The highest BCUT2D eigenvalue weighted by molar-refractivity contribution is 7.90. The molecule has 3 heterocycles. The van der Waals surface area contributed by atoms with Crippen LogP contribution in [-0.4, -0.2) is 96.3 Å². The summed E-state index contributed by atoms with van der Waals surface area (Å²) in [5.41, 5.74) is 1.97. The van der Waals surface area contributed by atoms with Gasteiger partial charge in [-0.2, -0.15) is 4.98 Å². The molecule has 1 aromatic heterocycles. The van der Waals surface area contributed by atoms with Gasteiger partial charge in [-0.3, -0.25) is 14.8 Å². The van der Waals surface area contributed by atoms with Gasteiger partial charge in [0.15, 0.2) is 0 Å². The summed E-state index contributed by atoms with van der Waals surface area (Å²) in [5, 5.41) is 1.19. The summed E-state index contributed by atoms with van der Waals surface area (Å²) in [7, 11) is -3.02. The molecule has 0 aliphatic carbocycles. The molecule has 2 amide bonds. The number of carbonyl (C=O) groups is 1. The average molecular weight is 702 g/mol. The van der Waals surface area contributed by atoms with Gasteiger partial charge in [-0.15, -0.1) is 0 Å². The Hall–Kier alpha value is -3.25. The van der Waals surface area contributed by atoms with Gasteiger partial charge in [0, 0.05) is 54.1 Å². The zero-order valence-corrected chi connectivity index (χ0v) is 29.8. The van der Waals surface area contributed by atoms with Gasteiger partial charge in [-0.1, -0.05) is 68.2 Å². The Morgan fingerprint density at radius 2 is 1.55 bits per heavy atom. The first kappa shape index (κ1) is 35.1. The molecule has 10 nitrogen and oxygen atoms in total. The van der Waals surface area contributed by atoms with Gasteiger partial charge in [-0.25, -0.2) is 18.2 Å². The quantitative estimate of drug-likeness (QED) is 0.262. The molecule has 2 atom stereocenters. The van der Waals surface area contributed by atoms with Crippen molar-refractivity contribution in [2.75, 3.05) is 51.3 Å². The smallest absolute Gasteiger partial charge is 0.326 e. The number of rotatable bonds is 9. The second kappa shape index (κ2) is 14.5. The maximum absolute atomic E-state index is 14.8. The predicted octanol–water partition coefficient (Wildman–Crippen LogP) is 6.20. The number of amidine groups is 1. The van der Waals surface area contributed by atoms with E-state index in [9.17, 15) is 13.2 Å². The fraction of sp³-hybridized carbons (Fsp3) is 0.471. The lowest BCUT2D eigenvalue weighted by atomic mass is 9.93. The number of halogens is 2. The highest BCUT2D eigenvalue weighted by Gasteiger charge is 2.45. The number of ether oxygens (including phenoxy) is 1. The lowest BCUT2D eigenvalue weighted by molar-refractivity contribution is 0.119. The lowest BCUT2D eigenvalue weighted by Crippen LogP contribution is -2.54. The number of urea groups is 1. The largest absolute Gasteiger partial charge is 0.477 e. The second-order valence-electron chi connectivity index (χ2n) is 13.0. The standard InChI is InChI=1S/C34H42Cl2N6O4S/c1-6-46-31-27(22-37-32(39-31)34(2,3)4)30-38-28(23-8-12-25(35)13-9-23)29(24-10-14-26(36)15-11-24)42(30)33(43)41-19-17-40(18-20-41)16-7-21-47(5,44)45/h8-15,22,28-29H,6-7,16-21H2,1-5H3. The van der Waals surface area contributed by atoms with E-state index in [0.717, 1.165) is 11.1 Å². The molecule has 2 aliphatic rings. The third-order valence-electron chi connectivity index (χ3n) is 8.27. The second-order valence-corrected chi connectivity index (χ2v) is 16.1. The molecule has 2 aliphatic heterocycles. The Balaban J connectivity index is 1.56. The van der Waals surface area contributed by atoms with Crippen LogP contribution < -0.4 is 4.74 Å². The van der Waals surface area contributed by atoms with Crippen LogP contribution >= 0.6 is 23.2 Å². The number of carbonyl (C=O) groups excluding carboxylic acids is 1. The monoisotopic (exact) mass is 700 g/mol. The first-order valence-electron chi connectivity index (χ1n) is 15.8. The minimum atomic E-state index is -3.02. The van der Waals surface area contributed by atoms with Gasteiger partial charge < -0.3 is 9.64 Å². The van der Waals surface area contributed by atoms with Crippen molar-refractivity contribution in [1.82, 2.24) is 24.7 Å². The molecular formula is C34H42Cl2N6O4S. The van der Waals surface area contributed by atoms with Crippen molar-refractivity contribution in [3.63, 3.8) is 0 Å². The molecule has 0 spiro atoms. The van der Waals surface area contributed by atoms with E-state index in [4.69, 9.17) is 42.9 Å². The van der Waals surface area contributed by atoms with E-state index >= 15 is 0 Å². The number of amides is 2. The van der Waals surface area contributed by atoms with Gasteiger partial charge in [0.2, 0.25) is 5.88 Å². The molecule has 5 rings (SSSR count). The van der Waals surface area contributed by atoms with Gasteiger partial charge in [0.05, 0.1) is 24.0 Å². The molecule has 47 heavy (non-hydrogen) atoms. The summed E-state index contributed by atoms with van der Waals surface area (Å²) in [6.07, 6.45) is 3.52. The third-order valence-corrected chi connectivity index (χ3v) is 9.81. The molecule has 2 aromatic carbocycles. The maximum atomic E-state index is 14.8. The highest BCUT2D eigenvalue weighted by atomic mass is 35.5. The topological polar surface area (TPSA) is 108 Å². The summed E-state index contributed by atoms with van der Waals surface area (Å²) in [4.78, 5) is 35.3. The number of benzene rings is 2. The summed E-state index contributed by atoms with van der Waals surface area (Å²) in [5.74, 6) is 1.56. The van der Waals surface area contributed by atoms with E-state index < -0.39 is 21.9 Å². The van der Waals surface area contributed by atoms with Crippen molar-refractivity contribution in [2.24, 2.45) is 4.99 Å². The van der Waals surface area contributed by atoms with Crippen LogP contribution in [0.2, 0.25) is 10.0 Å². The summed E-state index contributed by atoms with van der Waals surface area (Å²) < 4.78 is 29.3. The van der Waals surface area contributed by atoms with Crippen molar-refractivity contribution in [1.29, 1.82) is 0 Å². The molecule has 0 saturated carbocycles. The summed E-state index contributed by atoms with van der Waals surface area (Å²) >= 11 is 12.6. The third kappa shape index (κ3) is 8.43. The normalized spacial score (nSPS) is 19.2. The first-order valence-corrected chi connectivity index (χ1v) is 18.6. The minimum absolute atomic E-state index is 0.146. The Labute approximate surface area is 287 Å². The van der Waals surface area contributed by atoms with Crippen LogP contribution in [0.5, 0.6) is 5.88 Å². The van der Waals surface area contributed by atoms with Gasteiger partial charge in [0.25, 0.3) is 0 Å². The number of hydrogen-bond acceptors (Lipinski definition) is 8. The molecule has 13 heteroatoms. The minimum Gasteiger partial charge on any atom is -0.477 e. The molecule has 0 bridgehead atoms. The molecule has 1 fully saturated rings. The van der Waals surface area contributed by atoms with Crippen LogP contribution in [0, 0.1) is 0 Å². The number of hydrogen-bond donors (Lipinski definition) is 0. The fourth-order valence-corrected chi connectivity index (χ4v) is 6.75. The van der Waals surface area contributed by atoms with Crippen LogP contribution in [0.15, 0.2) is 59.7 Å². The Kier molecular flexibility index (Phi) is 10.8. The van der Waals surface area contributed by atoms with E-state index in [0.29, 0.717) is 78.9 Å². The molecule has 252 valence electrons. The van der Waals surface area contributed by atoms with Gasteiger partial charge in [0.1, 0.15) is 27.5 Å². The Morgan fingerprint density at radius 1 is 0.957 bits per heavy atom. The van der Waals surface area contributed by atoms with Crippen molar-refractivity contribution in [3.05, 3.63) is 87.3 Å². The Bertz CT molecular complexity index is 1700. The molecule has 1 saturated heterocycles. The molecule has 0 N–H and O–H groups in total. The zero-order valence-electron chi connectivity index (χ0n) is 27.5. The summed E-state index contributed by atoms with van der Waals surface area (Å²) in [6.45, 7) is 11.3. The van der Waals surface area contributed by atoms with Crippen molar-refractivity contribution >= 4 is 44.9 Å². The van der Waals surface area contributed by atoms with Crippen LogP contribution in [-0.2, 0) is 15.3 Å². The van der Waals surface area contributed by atoms with Crippen molar-refractivity contribution in [3.8, 4) is 5.88 Å². The van der Waals surface area contributed by atoms with Crippen molar-refractivity contribution < 1.29 is 17.9 Å². The fourth-order valence-electron chi connectivity index (χ4n) is 5.85.